The summed E-state index contributed by atoms with van der Waals surface area (Å²) in [6, 6.07) is 0. The molecule has 0 aromatic rings. The van der Waals surface area contributed by atoms with Crippen LogP contribution in [0.3, 0.4) is 0 Å². The Bertz CT molecular complexity index is 197. The zero-order valence-corrected chi connectivity index (χ0v) is 11.7. The van der Waals surface area contributed by atoms with E-state index in [0.717, 1.165) is 45.3 Å². The monoisotopic (exact) mass is 243 g/mol. The number of carbonyl (C=O) groups excluding carboxylic acids is 1. The molecule has 0 fully saturated rings. The standard InChI is InChI=1S/C13H29N3O/c1-4-12(8-9-14)6-7-13(17)16(3)11-5-10-15-2/h12,15H,4-11,14H2,1-3H3. The molecule has 0 aliphatic rings. The third kappa shape index (κ3) is 8.16. The average molecular weight is 243 g/mol. The summed E-state index contributed by atoms with van der Waals surface area (Å²) in [4.78, 5) is 13.7. The maximum absolute atomic E-state index is 11.8. The molecule has 0 bridgehead atoms. The fourth-order valence-corrected chi connectivity index (χ4v) is 1.92. The van der Waals surface area contributed by atoms with Gasteiger partial charge in [-0.1, -0.05) is 13.3 Å². The molecule has 0 spiro atoms. The van der Waals surface area contributed by atoms with Crippen molar-refractivity contribution in [2.75, 3.05) is 33.7 Å². The second kappa shape index (κ2) is 10.5. The number of carbonyl (C=O) groups is 1. The summed E-state index contributed by atoms with van der Waals surface area (Å²) in [5.74, 6) is 0.867. The maximum Gasteiger partial charge on any atom is 0.222 e. The van der Waals surface area contributed by atoms with Crippen molar-refractivity contribution in [3.05, 3.63) is 0 Å². The van der Waals surface area contributed by atoms with Crippen molar-refractivity contribution in [1.82, 2.24) is 10.2 Å². The molecule has 102 valence electrons. The minimum atomic E-state index is 0.261. The molecule has 17 heavy (non-hydrogen) atoms. The summed E-state index contributed by atoms with van der Waals surface area (Å²) in [6.45, 7) is 4.70. The van der Waals surface area contributed by atoms with E-state index < -0.39 is 0 Å². The molecule has 4 heteroatoms. The van der Waals surface area contributed by atoms with Gasteiger partial charge < -0.3 is 16.0 Å². The first kappa shape index (κ1) is 16.4. The molecule has 0 aromatic heterocycles. The number of hydrogen-bond acceptors (Lipinski definition) is 3. The van der Waals surface area contributed by atoms with E-state index in [-0.39, 0.29) is 5.91 Å². The highest BCUT2D eigenvalue weighted by Crippen LogP contribution is 2.15. The van der Waals surface area contributed by atoms with Gasteiger partial charge in [-0.15, -0.1) is 0 Å². The molecular weight excluding hydrogens is 214 g/mol. The van der Waals surface area contributed by atoms with Gasteiger partial charge >= 0.3 is 0 Å². The van der Waals surface area contributed by atoms with E-state index in [4.69, 9.17) is 5.73 Å². The van der Waals surface area contributed by atoms with Gasteiger partial charge in [0.1, 0.15) is 0 Å². The van der Waals surface area contributed by atoms with Gasteiger partial charge in [0, 0.05) is 20.0 Å². The highest BCUT2D eigenvalue weighted by molar-refractivity contribution is 5.75. The van der Waals surface area contributed by atoms with Crippen LogP contribution in [0, 0.1) is 5.92 Å². The van der Waals surface area contributed by atoms with Crippen LogP contribution in [0.25, 0.3) is 0 Å². The summed E-state index contributed by atoms with van der Waals surface area (Å²) in [7, 11) is 3.82. The van der Waals surface area contributed by atoms with Crippen molar-refractivity contribution in [3.8, 4) is 0 Å². The highest BCUT2D eigenvalue weighted by atomic mass is 16.2. The third-order valence-electron chi connectivity index (χ3n) is 3.26. The van der Waals surface area contributed by atoms with E-state index in [1.165, 1.54) is 0 Å². The van der Waals surface area contributed by atoms with Crippen LogP contribution in [0.15, 0.2) is 0 Å². The highest BCUT2D eigenvalue weighted by Gasteiger charge is 2.11. The number of nitrogens with two attached hydrogens (primary N) is 1. The molecule has 0 radical (unpaired) electrons. The lowest BCUT2D eigenvalue weighted by atomic mass is 9.96. The molecular formula is C13H29N3O. The molecule has 0 aromatic carbocycles. The van der Waals surface area contributed by atoms with Crippen molar-refractivity contribution in [2.24, 2.45) is 11.7 Å². The Balaban J connectivity index is 3.75. The van der Waals surface area contributed by atoms with Crippen LogP contribution in [-0.4, -0.2) is 44.5 Å². The Morgan fingerprint density at radius 1 is 1.41 bits per heavy atom. The van der Waals surface area contributed by atoms with E-state index in [0.29, 0.717) is 12.3 Å². The van der Waals surface area contributed by atoms with Crippen molar-refractivity contribution in [3.63, 3.8) is 0 Å². The second-order valence-electron chi connectivity index (χ2n) is 4.66. The zero-order chi connectivity index (χ0) is 13.1. The fraction of sp³-hybridized carbons (Fsp3) is 0.923. The van der Waals surface area contributed by atoms with E-state index in [9.17, 15) is 4.79 Å². The van der Waals surface area contributed by atoms with Crippen molar-refractivity contribution in [2.45, 2.75) is 39.0 Å². The van der Waals surface area contributed by atoms with Gasteiger partial charge in [0.05, 0.1) is 0 Å². The Morgan fingerprint density at radius 2 is 2.12 bits per heavy atom. The van der Waals surface area contributed by atoms with Crippen LogP contribution in [-0.2, 0) is 4.79 Å². The Labute approximate surface area is 106 Å². The number of nitrogens with zero attached hydrogens (tertiary/aromatic N) is 1. The van der Waals surface area contributed by atoms with Crippen molar-refractivity contribution in [1.29, 1.82) is 0 Å². The van der Waals surface area contributed by atoms with Crippen LogP contribution in [0.1, 0.15) is 39.0 Å². The largest absolute Gasteiger partial charge is 0.346 e. The Hall–Kier alpha value is -0.610. The number of rotatable bonds is 10. The maximum atomic E-state index is 11.8. The summed E-state index contributed by atoms with van der Waals surface area (Å²) in [6.07, 6.45) is 4.80. The molecule has 0 saturated carbocycles. The smallest absolute Gasteiger partial charge is 0.222 e. The number of nitrogens with one attached hydrogen (secondary N) is 1. The van der Waals surface area contributed by atoms with Crippen molar-refractivity contribution >= 4 is 5.91 Å². The molecule has 4 nitrogen and oxygen atoms in total. The van der Waals surface area contributed by atoms with Gasteiger partial charge in [0.25, 0.3) is 0 Å². The zero-order valence-electron chi connectivity index (χ0n) is 11.7. The van der Waals surface area contributed by atoms with Gasteiger partial charge in [-0.3, -0.25) is 4.79 Å². The summed E-state index contributed by atoms with van der Waals surface area (Å²) >= 11 is 0. The van der Waals surface area contributed by atoms with Crippen LogP contribution in [0.4, 0.5) is 0 Å². The lowest BCUT2D eigenvalue weighted by Gasteiger charge is -2.19. The average Bonchev–Trinajstić information content (AvgIpc) is 2.34. The molecule has 0 heterocycles. The summed E-state index contributed by atoms with van der Waals surface area (Å²) in [5.41, 5.74) is 5.55. The molecule has 3 N–H and O–H groups in total. The lowest BCUT2D eigenvalue weighted by Crippen LogP contribution is -2.29. The minimum absolute atomic E-state index is 0.261. The first-order chi connectivity index (χ1) is 8.15. The predicted octanol–water partition coefficient (Wildman–Crippen LogP) is 1.21. The van der Waals surface area contributed by atoms with Gasteiger partial charge in [-0.05, 0) is 45.3 Å². The number of hydrogen-bond donors (Lipinski definition) is 2. The molecule has 1 atom stereocenters. The van der Waals surface area contributed by atoms with Crippen molar-refractivity contribution < 1.29 is 4.79 Å². The SMILES string of the molecule is CCC(CCN)CCC(=O)N(C)CCCNC. The lowest BCUT2D eigenvalue weighted by molar-refractivity contribution is -0.130. The van der Waals surface area contributed by atoms with E-state index in [1.54, 1.807) is 0 Å². The molecule has 0 aliphatic heterocycles. The van der Waals surface area contributed by atoms with Crippen LogP contribution < -0.4 is 11.1 Å². The van der Waals surface area contributed by atoms with Crippen LogP contribution >= 0.6 is 0 Å². The normalized spacial score (nSPS) is 12.5. The molecule has 1 amide bonds. The van der Waals surface area contributed by atoms with Gasteiger partial charge in [-0.25, -0.2) is 0 Å². The Kier molecular flexibility index (Phi) is 10.2. The Morgan fingerprint density at radius 3 is 2.65 bits per heavy atom. The van der Waals surface area contributed by atoms with E-state index in [2.05, 4.69) is 12.2 Å². The van der Waals surface area contributed by atoms with E-state index >= 15 is 0 Å². The molecule has 0 aliphatic carbocycles. The van der Waals surface area contributed by atoms with Crippen LogP contribution in [0.5, 0.6) is 0 Å². The van der Waals surface area contributed by atoms with Gasteiger partial charge in [0.2, 0.25) is 5.91 Å². The van der Waals surface area contributed by atoms with Gasteiger partial charge in [0.15, 0.2) is 0 Å². The first-order valence-corrected chi connectivity index (χ1v) is 6.74. The second-order valence-corrected chi connectivity index (χ2v) is 4.66. The fourth-order valence-electron chi connectivity index (χ4n) is 1.92. The predicted molar refractivity (Wildman–Crippen MR) is 72.9 cm³/mol. The van der Waals surface area contributed by atoms with Crippen LogP contribution in [0.2, 0.25) is 0 Å². The molecule has 1 unspecified atom stereocenters. The number of amides is 1. The molecule has 0 rings (SSSR count). The minimum Gasteiger partial charge on any atom is -0.346 e. The van der Waals surface area contributed by atoms with E-state index in [1.807, 2.05) is 19.0 Å². The quantitative estimate of drug-likeness (QED) is 0.567. The summed E-state index contributed by atoms with van der Waals surface area (Å²) in [5, 5.41) is 3.09. The third-order valence-corrected chi connectivity index (χ3v) is 3.26. The summed E-state index contributed by atoms with van der Waals surface area (Å²) < 4.78 is 0. The first-order valence-electron chi connectivity index (χ1n) is 6.74. The van der Waals surface area contributed by atoms with Gasteiger partial charge in [-0.2, -0.15) is 0 Å². The molecule has 0 saturated heterocycles. The topological polar surface area (TPSA) is 58.4 Å².